The highest BCUT2D eigenvalue weighted by Gasteiger charge is 2.45. The van der Waals surface area contributed by atoms with Crippen LogP contribution in [0.1, 0.15) is 5.69 Å². The van der Waals surface area contributed by atoms with Gasteiger partial charge in [-0.05, 0) is 12.1 Å². The Kier molecular flexibility index (Phi) is 3.66. The molecule has 128 valence electrons. The van der Waals surface area contributed by atoms with Crippen LogP contribution in [0.4, 0.5) is 18.9 Å². The molecule has 1 aromatic heterocycles. The first-order valence-corrected chi connectivity index (χ1v) is 7.21. The van der Waals surface area contributed by atoms with Crippen LogP contribution in [0.25, 0.3) is 5.69 Å². The number of amides is 1. The summed E-state index contributed by atoms with van der Waals surface area (Å²) in [4.78, 5) is 24.4. The fraction of sp³-hybridized carbons (Fsp3) is 0.333. The van der Waals surface area contributed by atoms with Gasteiger partial charge in [-0.15, -0.1) is 0 Å². The fourth-order valence-corrected chi connectivity index (χ4v) is 2.95. The number of anilines is 1. The standard InChI is InChI=1S/C15H15F3N4O2/c1-20(14(24)15(16,17)18)10-7-11-12(19)13(23)22(21(11)8-10)9-5-3-2-4-6-9/h2-6,10H,7-8,19H2,1H3/t10-/m0/s1. The van der Waals surface area contributed by atoms with Crippen molar-refractivity contribution in [1.29, 1.82) is 0 Å². The normalized spacial score (nSPS) is 16.9. The summed E-state index contributed by atoms with van der Waals surface area (Å²) in [6.45, 7) is 0.0645. The summed E-state index contributed by atoms with van der Waals surface area (Å²) in [5.41, 5.74) is 6.42. The highest BCUT2D eigenvalue weighted by Crippen LogP contribution is 2.27. The average molecular weight is 340 g/mol. The lowest BCUT2D eigenvalue weighted by Gasteiger charge is -2.25. The number of carbonyl (C=O) groups excluding carboxylic acids is 1. The SMILES string of the molecule is CN(C(=O)C(F)(F)F)[C@H]1Cc2c(N)c(=O)n(-c3ccccc3)n2C1. The van der Waals surface area contributed by atoms with Crippen molar-refractivity contribution in [3.63, 3.8) is 0 Å². The van der Waals surface area contributed by atoms with Crippen molar-refractivity contribution in [1.82, 2.24) is 14.3 Å². The van der Waals surface area contributed by atoms with Gasteiger partial charge in [-0.1, -0.05) is 18.2 Å². The van der Waals surface area contributed by atoms with Crippen molar-refractivity contribution in [2.75, 3.05) is 12.8 Å². The van der Waals surface area contributed by atoms with Crippen LogP contribution in [-0.2, 0) is 17.8 Å². The minimum atomic E-state index is -4.93. The van der Waals surface area contributed by atoms with E-state index in [9.17, 15) is 22.8 Å². The molecule has 1 amide bonds. The monoisotopic (exact) mass is 340 g/mol. The molecule has 0 aliphatic carbocycles. The Balaban J connectivity index is 1.97. The number of alkyl halides is 3. The second-order valence-corrected chi connectivity index (χ2v) is 5.67. The van der Waals surface area contributed by atoms with Gasteiger partial charge in [-0.3, -0.25) is 14.3 Å². The average Bonchev–Trinajstić information content (AvgIpc) is 3.06. The first-order valence-electron chi connectivity index (χ1n) is 7.21. The first-order chi connectivity index (χ1) is 11.2. The molecule has 6 nitrogen and oxygen atoms in total. The number of hydrogen-bond acceptors (Lipinski definition) is 3. The minimum Gasteiger partial charge on any atom is -0.393 e. The number of carbonyl (C=O) groups is 1. The van der Waals surface area contributed by atoms with Crippen LogP contribution in [-0.4, -0.2) is 39.4 Å². The second kappa shape index (κ2) is 5.43. The van der Waals surface area contributed by atoms with Crippen LogP contribution >= 0.6 is 0 Å². The fourth-order valence-electron chi connectivity index (χ4n) is 2.95. The molecule has 1 aromatic carbocycles. The Morgan fingerprint density at radius 1 is 1.29 bits per heavy atom. The van der Waals surface area contributed by atoms with Crippen molar-refractivity contribution in [3.05, 3.63) is 46.4 Å². The van der Waals surface area contributed by atoms with Gasteiger partial charge < -0.3 is 10.6 Å². The topological polar surface area (TPSA) is 73.3 Å². The van der Waals surface area contributed by atoms with Crippen LogP contribution < -0.4 is 11.3 Å². The molecule has 1 aliphatic rings. The highest BCUT2D eigenvalue weighted by molar-refractivity contribution is 5.82. The van der Waals surface area contributed by atoms with Crippen molar-refractivity contribution in [2.45, 2.75) is 25.2 Å². The molecular weight excluding hydrogens is 325 g/mol. The lowest BCUT2D eigenvalue weighted by molar-refractivity contribution is -0.186. The molecule has 3 rings (SSSR count). The summed E-state index contributed by atoms with van der Waals surface area (Å²) in [5, 5.41) is 0. The molecule has 1 atom stereocenters. The van der Waals surface area contributed by atoms with Gasteiger partial charge in [0.25, 0.3) is 5.56 Å². The quantitative estimate of drug-likeness (QED) is 0.892. The number of nitrogens with zero attached hydrogens (tertiary/aromatic N) is 3. The predicted molar refractivity (Wildman–Crippen MR) is 80.8 cm³/mol. The van der Waals surface area contributed by atoms with E-state index < -0.39 is 23.7 Å². The van der Waals surface area contributed by atoms with E-state index in [4.69, 9.17) is 5.73 Å². The maximum atomic E-state index is 12.6. The number of likely N-dealkylation sites (N-methyl/N-ethyl adjacent to an activating group) is 1. The highest BCUT2D eigenvalue weighted by atomic mass is 19.4. The first kappa shape index (κ1) is 16.2. The number of para-hydroxylation sites is 1. The zero-order valence-corrected chi connectivity index (χ0v) is 12.7. The van der Waals surface area contributed by atoms with E-state index in [1.807, 2.05) is 0 Å². The van der Waals surface area contributed by atoms with Crippen LogP contribution in [0.3, 0.4) is 0 Å². The third kappa shape index (κ3) is 2.45. The van der Waals surface area contributed by atoms with Gasteiger partial charge in [-0.25, -0.2) is 4.68 Å². The van der Waals surface area contributed by atoms with Crippen molar-refractivity contribution in [3.8, 4) is 5.69 Å². The maximum absolute atomic E-state index is 12.6. The van der Waals surface area contributed by atoms with E-state index in [-0.39, 0.29) is 18.7 Å². The third-order valence-electron chi connectivity index (χ3n) is 4.21. The second-order valence-electron chi connectivity index (χ2n) is 5.67. The lowest BCUT2D eigenvalue weighted by Crippen LogP contribution is -2.45. The smallest absolute Gasteiger partial charge is 0.393 e. The van der Waals surface area contributed by atoms with Gasteiger partial charge in [0.1, 0.15) is 5.69 Å². The Bertz CT molecular complexity index is 839. The van der Waals surface area contributed by atoms with Gasteiger partial charge in [0, 0.05) is 13.5 Å². The van der Waals surface area contributed by atoms with Crippen LogP contribution in [0.15, 0.2) is 35.1 Å². The van der Waals surface area contributed by atoms with Gasteiger partial charge in [0.05, 0.1) is 24.0 Å². The summed E-state index contributed by atoms with van der Waals surface area (Å²) in [6.07, 6.45) is -4.84. The van der Waals surface area contributed by atoms with E-state index in [0.29, 0.717) is 16.3 Å². The number of nitrogens with two attached hydrogens (primary N) is 1. The Morgan fingerprint density at radius 2 is 1.92 bits per heavy atom. The molecule has 0 saturated heterocycles. The van der Waals surface area contributed by atoms with Crippen LogP contribution in [0.2, 0.25) is 0 Å². The number of hydrogen-bond donors (Lipinski definition) is 1. The van der Waals surface area contributed by atoms with Crippen molar-refractivity contribution in [2.24, 2.45) is 0 Å². The summed E-state index contributed by atoms with van der Waals surface area (Å²) in [6, 6.07) is 7.95. The van der Waals surface area contributed by atoms with Crippen LogP contribution in [0, 0.1) is 0 Å². The molecule has 2 aromatic rings. The molecule has 2 heterocycles. The number of nitrogen functional groups attached to an aromatic ring is 1. The lowest BCUT2D eigenvalue weighted by atomic mass is 10.1. The molecule has 0 saturated carbocycles. The zero-order valence-electron chi connectivity index (χ0n) is 12.7. The van der Waals surface area contributed by atoms with E-state index in [1.54, 1.807) is 30.3 Å². The van der Waals surface area contributed by atoms with E-state index in [2.05, 4.69) is 0 Å². The summed E-state index contributed by atoms with van der Waals surface area (Å²) < 4.78 is 40.7. The summed E-state index contributed by atoms with van der Waals surface area (Å²) in [5.74, 6) is -1.91. The van der Waals surface area contributed by atoms with Gasteiger partial charge in [0.2, 0.25) is 0 Å². The molecule has 2 N–H and O–H groups in total. The van der Waals surface area contributed by atoms with E-state index in [1.165, 1.54) is 9.36 Å². The molecule has 0 unspecified atom stereocenters. The van der Waals surface area contributed by atoms with E-state index >= 15 is 0 Å². The minimum absolute atomic E-state index is 0.00536. The number of rotatable bonds is 2. The molecule has 0 spiro atoms. The largest absolute Gasteiger partial charge is 0.471 e. The Hall–Kier alpha value is -2.71. The van der Waals surface area contributed by atoms with Crippen molar-refractivity contribution >= 4 is 11.6 Å². The van der Waals surface area contributed by atoms with Gasteiger partial charge in [-0.2, -0.15) is 13.2 Å². The Labute approximate surface area is 134 Å². The van der Waals surface area contributed by atoms with E-state index in [0.717, 1.165) is 7.05 Å². The van der Waals surface area contributed by atoms with Crippen LogP contribution in [0.5, 0.6) is 0 Å². The zero-order chi connectivity index (χ0) is 17.6. The van der Waals surface area contributed by atoms with Crippen molar-refractivity contribution < 1.29 is 18.0 Å². The number of benzene rings is 1. The molecule has 0 fully saturated rings. The molecule has 1 aliphatic heterocycles. The van der Waals surface area contributed by atoms with Gasteiger partial charge >= 0.3 is 12.1 Å². The number of halogens is 3. The molecule has 0 bridgehead atoms. The number of aromatic nitrogens is 2. The van der Waals surface area contributed by atoms with Gasteiger partial charge in [0.15, 0.2) is 0 Å². The number of fused-ring (bicyclic) bond motifs is 1. The third-order valence-corrected chi connectivity index (χ3v) is 4.21. The summed E-state index contributed by atoms with van der Waals surface area (Å²) >= 11 is 0. The summed E-state index contributed by atoms with van der Waals surface area (Å²) in [7, 11) is 1.11. The molecule has 0 radical (unpaired) electrons. The predicted octanol–water partition coefficient (Wildman–Crippen LogP) is 1.17. The maximum Gasteiger partial charge on any atom is 0.471 e. The molecule has 24 heavy (non-hydrogen) atoms. The molecular formula is C15H15F3N4O2. The molecule has 9 heteroatoms. The Morgan fingerprint density at radius 3 is 2.50 bits per heavy atom.